The van der Waals surface area contributed by atoms with Crippen LogP contribution in [0.1, 0.15) is 30.4 Å². The molecule has 0 aromatic heterocycles. The Balaban J connectivity index is 2.21. The third-order valence-corrected chi connectivity index (χ3v) is 2.52. The van der Waals surface area contributed by atoms with E-state index >= 15 is 0 Å². The molecule has 0 fully saturated rings. The Morgan fingerprint density at radius 3 is 2.56 bits per heavy atom. The molecule has 3 nitrogen and oxygen atoms in total. The SMILES string of the molecule is COC(=O)CCCNCc1ccc(C(F)F)cc1. The van der Waals surface area contributed by atoms with Crippen molar-refractivity contribution in [1.29, 1.82) is 0 Å². The molecule has 0 atom stereocenters. The van der Waals surface area contributed by atoms with Crippen molar-refractivity contribution < 1.29 is 18.3 Å². The van der Waals surface area contributed by atoms with Crippen molar-refractivity contribution in [2.75, 3.05) is 13.7 Å². The molecular formula is C13H17F2NO2. The summed E-state index contributed by atoms with van der Waals surface area (Å²) in [5.74, 6) is -0.224. The number of hydrogen-bond acceptors (Lipinski definition) is 3. The number of esters is 1. The van der Waals surface area contributed by atoms with Gasteiger partial charge in [0, 0.05) is 18.5 Å². The number of carbonyl (C=O) groups is 1. The average Bonchev–Trinajstić information content (AvgIpc) is 2.38. The molecule has 18 heavy (non-hydrogen) atoms. The number of nitrogens with one attached hydrogen (secondary N) is 1. The van der Waals surface area contributed by atoms with Crippen molar-refractivity contribution in [2.45, 2.75) is 25.8 Å². The number of methoxy groups -OCH3 is 1. The normalized spacial score (nSPS) is 10.7. The van der Waals surface area contributed by atoms with Crippen molar-refractivity contribution in [3.8, 4) is 0 Å². The van der Waals surface area contributed by atoms with Gasteiger partial charge < -0.3 is 10.1 Å². The van der Waals surface area contributed by atoms with E-state index in [1.807, 2.05) is 0 Å². The first kappa shape index (κ1) is 14.6. The highest BCUT2D eigenvalue weighted by atomic mass is 19.3. The molecule has 0 aliphatic carbocycles. The standard InChI is InChI=1S/C13H17F2NO2/c1-18-12(17)3-2-8-16-9-10-4-6-11(7-5-10)13(14)15/h4-7,13,16H,2-3,8-9H2,1H3. The zero-order valence-corrected chi connectivity index (χ0v) is 10.3. The summed E-state index contributed by atoms with van der Waals surface area (Å²) in [5.41, 5.74) is 0.974. The predicted octanol–water partition coefficient (Wildman–Crippen LogP) is 2.67. The molecule has 5 heteroatoms. The fourth-order valence-corrected chi connectivity index (χ4v) is 1.47. The van der Waals surface area contributed by atoms with Gasteiger partial charge in [-0.15, -0.1) is 0 Å². The summed E-state index contributed by atoms with van der Waals surface area (Å²) >= 11 is 0. The Bertz CT molecular complexity index is 366. The Morgan fingerprint density at radius 1 is 1.33 bits per heavy atom. The van der Waals surface area contributed by atoms with Gasteiger partial charge in [-0.3, -0.25) is 4.79 Å². The molecule has 1 N–H and O–H groups in total. The molecule has 1 rings (SSSR count). The van der Waals surface area contributed by atoms with Crippen LogP contribution in [0.15, 0.2) is 24.3 Å². The quantitative estimate of drug-likeness (QED) is 0.603. The van der Waals surface area contributed by atoms with Gasteiger partial charge in [-0.05, 0) is 18.5 Å². The van der Waals surface area contributed by atoms with Crippen LogP contribution in [-0.4, -0.2) is 19.6 Å². The van der Waals surface area contributed by atoms with Crippen LogP contribution in [0.2, 0.25) is 0 Å². The molecule has 0 heterocycles. The van der Waals surface area contributed by atoms with Gasteiger partial charge in [0.25, 0.3) is 6.43 Å². The van der Waals surface area contributed by atoms with Crippen LogP contribution in [0.4, 0.5) is 8.78 Å². The number of rotatable bonds is 7. The molecule has 1 aromatic carbocycles. The first-order chi connectivity index (χ1) is 8.63. The van der Waals surface area contributed by atoms with Gasteiger partial charge in [0.05, 0.1) is 7.11 Å². The van der Waals surface area contributed by atoms with Gasteiger partial charge in [-0.1, -0.05) is 24.3 Å². The van der Waals surface area contributed by atoms with Gasteiger partial charge >= 0.3 is 5.97 Å². The molecule has 0 radical (unpaired) electrons. The minimum Gasteiger partial charge on any atom is -0.469 e. The lowest BCUT2D eigenvalue weighted by atomic mass is 10.1. The third kappa shape index (κ3) is 5.23. The highest BCUT2D eigenvalue weighted by molar-refractivity contribution is 5.69. The van der Waals surface area contributed by atoms with Crippen LogP contribution in [-0.2, 0) is 16.1 Å². The van der Waals surface area contributed by atoms with E-state index in [4.69, 9.17) is 0 Å². The summed E-state index contributed by atoms with van der Waals surface area (Å²) in [5, 5.41) is 3.13. The van der Waals surface area contributed by atoms with Crippen molar-refractivity contribution >= 4 is 5.97 Å². The molecule has 100 valence electrons. The highest BCUT2D eigenvalue weighted by Crippen LogP contribution is 2.18. The first-order valence-electron chi connectivity index (χ1n) is 5.78. The summed E-state index contributed by atoms with van der Waals surface area (Å²) in [6, 6.07) is 6.20. The Kier molecular flexibility index (Phi) is 6.28. The van der Waals surface area contributed by atoms with Crippen LogP contribution in [0.25, 0.3) is 0 Å². The zero-order chi connectivity index (χ0) is 13.4. The van der Waals surface area contributed by atoms with Crippen molar-refractivity contribution in [3.05, 3.63) is 35.4 Å². The molecule has 0 aliphatic heterocycles. The maximum Gasteiger partial charge on any atom is 0.305 e. The summed E-state index contributed by atoms with van der Waals surface area (Å²) < 4.78 is 29.1. The average molecular weight is 257 g/mol. The number of carbonyl (C=O) groups excluding carboxylic acids is 1. The van der Waals surface area contributed by atoms with Crippen LogP contribution in [0.3, 0.4) is 0 Å². The number of halogens is 2. The molecule has 0 saturated carbocycles. The topological polar surface area (TPSA) is 38.3 Å². The summed E-state index contributed by atoms with van der Waals surface area (Å²) in [6.07, 6.45) is -1.35. The van der Waals surface area contributed by atoms with E-state index in [2.05, 4.69) is 10.1 Å². The minimum atomic E-state index is -2.42. The Morgan fingerprint density at radius 2 is 2.00 bits per heavy atom. The maximum absolute atomic E-state index is 12.3. The second-order valence-electron chi connectivity index (χ2n) is 3.90. The van der Waals surface area contributed by atoms with Crippen molar-refractivity contribution in [2.24, 2.45) is 0 Å². The van der Waals surface area contributed by atoms with E-state index in [0.717, 1.165) is 5.56 Å². The van der Waals surface area contributed by atoms with Gasteiger partial charge in [-0.2, -0.15) is 0 Å². The molecule has 0 amide bonds. The second kappa shape index (κ2) is 7.76. The molecule has 0 unspecified atom stereocenters. The largest absolute Gasteiger partial charge is 0.469 e. The summed E-state index contributed by atoms with van der Waals surface area (Å²) in [7, 11) is 1.36. The molecule has 0 bridgehead atoms. The number of ether oxygens (including phenoxy) is 1. The van der Waals surface area contributed by atoms with E-state index in [0.29, 0.717) is 25.9 Å². The second-order valence-corrected chi connectivity index (χ2v) is 3.90. The Hall–Kier alpha value is -1.49. The smallest absolute Gasteiger partial charge is 0.305 e. The summed E-state index contributed by atoms with van der Waals surface area (Å²) in [4.78, 5) is 10.8. The van der Waals surface area contributed by atoms with E-state index in [-0.39, 0.29) is 11.5 Å². The predicted molar refractivity (Wildman–Crippen MR) is 64.4 cm³/mol. The third-order valence-electron chi connectivity index (χ3n) is 2.52. The van der Waals surface area contributed by atoms with Crippen LogP contribution >= 0.6 is 0 Å². The Labute approximate surface area is 105 Å². The van der Waals surface area contributed by atoms with Gasteiger partial charge in [0.1, 0.15) is 0 Å². The minimum absolute atomic E-state index is 0.0319. The fourth-order valence-electron chi connectivity index (χ4n) is 1.47. The lowest BCUT2D eigenvalue weighted by Crippen LogP contribution is -2.16. The van der Waals surface area contributed by atoms with Gasteiger partial charge in [-0.25, -0.2) is 8.78 Å². The van der Waals surface area contributed by atoms with E-state index in [1.165, 1.54) is 19.2 Å². The lowest BCUT2D eigenvalue weighted by Gasteiger charge is -2.05. The monoisotopic (exact) mass is 257 g/mol. The maximum atomic E-state index is 12.3. The van der Waals surface area contributed by atoms with Crippen molar-refractivity contribution in [1.82, 2.24) is 5.32 Å². The number of benzene rings is 1. The fraction of sp³-hybridized carbons (Fsp3) is 0.462. The number of alkyl halides is 2. The zero-order valence-electron chi connectivity index (χ0n) is 10.3. The van der Waals surface area contributed by atoms with Gasteiger partial charge in [0.15, 0.2) is 0 Å². The van der Waals surface area contributed by atoms with Gasteiger partial charge in [0.2, 0.25) is 0 Å². The van der Waals surface area contributed by atoms with E-state index < -0.39 is 6.43 Å². The van der Waals surface area contributed by atoms with Crippen LogP contribution < -0.4 is 5.32 Å². The van der Waals surface area contributed by atoms with Crippen LogP contribution in [0, 0.1) is 0 Å². The first-order valence-corrected chi connectivity index (χ1v) is 5.78. The molecular weight excluding hydrogens is 240 g/mol. The van der Waals surface area contributed by atoms with E-state index in [1.54, 1.807) is 12.1 Å². The summed E-state index contributed by atoms with van der Waals surface area (Å²) in [6.45, 7) is 1.29. The molecule has 0 saturated heterocycles. The van der Waals surface area contributed by atoms with Crippen LogP contribution in [0.5, 0.6) is 0 Å². The molecule has 1 aromatic rings. The molecule has 0 aliphatic rings. The highest BCUT2D eigenvalue weighted by Gasteiger charge is 2.05. The number of hydrogen-bond donors (Lipinski definition) is 1. The molecule has 0 spiro atoms. The van der Waals surface area contributed by atoms with E-state index in [9.17, 15) is 13.6 Å². The van der Waals surface area contributed by atoms with Crippen molar-refractivity contribution in [3.63, 3.8) is 0 Å². The lowest BCUT2D eigenvalue weighted by molar-refractivity contribution is -0.140.